The van der Waals surface area contributed by atoms with Gasteiger partial charge in [-0.15, -0.1) is 0 Å². The Morgan fingerprint density at radius 3 is 2.84 bits per heavy atom. The van der Waals surface area contributed by atoms with E-state index in [1.165, 1.54) is 0 Å². The van der Waals surface area contributed by atoms with E-state index >= 15 is 0 Å². The molecule has 5 heteroatoms. The molecule has 2 rings (SSSR count). The maximum absolute atomic E-state index is 10.8. The normalized spacial score (nSPS) is 10.7. The number of rotatable bonds is 4. The fraction of sp³-hybridized carbons (Fsp3) is 0.286. The Balaban J connectivity index is 2.28. The van der Waals surface area contributed by atoms with Gasteiger partial charge in [-0.05, 0) is 24.6 Å². The molecule has 19 heavy (non-hydrogen) atoms. The third-order valence-electron chi connectivity index (χ3n) is 3.14. The van der Waals surface area contributed by atoms with Crippen LogP contribution in [0.1, 0.15) is 22.8 Å². The van der Waals surface area contributed by atoms with E-state index in [1.807, 2.05) is 42.8 Å². The van der Waals surface area contributed by atoms with Crippen molar-refractivity contribution in [1.29, 1.82) is 0 Å². The lowest BCUT2D eigenvalue weighted by molar-refractivity contribution is -0.136. The summed E-state index contributed by atoms with van der Waals surface area (Å²) in [5.74, 6) is -0.0217. The quantitative estimate of drug-likeness (QED) is 0.935. The van der Waals surface area contributed by atoms with Crippen LogP contribution in [0.2, 0.25) is 5.02 Å². The Labute approximate surface area is 116 Å². The molecule has 0 saturated heterocycles. The predicted octanol–water partition coefficient (Wildman–Crippen LogP) is 2.60. The van der Waals surface area contributed by atoms with Gasteiger partial charge in [-0.1, -0.05) is 23.7 Å². The highest BCUT2D eigenvalue weighted by Gasteiger charge is 2.14. The summed E-state index contributed by atoms with van der Waals surface area (Å²) in [6, 6.07) is 7.59. The number of carbonyl (C=O) groups is 1. The van der Waals surface area contributed by atoms with Crippen molar-refractivity contribution in [3.8, 4) is 0 Å². The minimum Gasteiger partial charge on any atom is -0.481 e. The van der Waals surface area contributed by atoms with E-state index in [1.54, 1.807) is 0 Å². The number of nitrogens with zero attached hydrogens (tertiary/aromatic N) is 2. The molecule has 0 amide bonds. The molecule has 1 aromatic heterocycles. The Hall–Kier alpha value is -1.81. The third-order valence-corrected chi connectivity index (χ3v) is 3.38. The van der Waals surface area contributed by atoms with Crippen LogP contribution >= 0.6 is 11.6 Å². The highest BCUT2D eigenvalue weighted by atomic mass is 35.5. The molecule has 0 aliphatic carbocycles. The monoisotopic (exact) mass is 278 g/mol. The summed E-state index contributed by atoms with van der Waals surface area (Å²) in [6.45, 7) is 1.88. The SMILES string of the molecule is Cc1c(CC(=O)O)nc(Cc2cccc(Cl)c2)n1C. The fourth-order valence-electron chi connectivity index (χ4n) is 2.00. The minimum absolute atomic E-state index is 0.0464. The number of hydrogen-bond acceptors (Lipinski definition) is 2. The van der Waals surface area contributed by atoms with Crippen LogP contribution in [0.3, 0.4) is 0 Å². The number of carboxylic acid groups (broad SMARTS) is 1. The van der Waals surface area contributed by atoms with Gasteiger partial charge in [0.05, 0.1) is 12.1 Å². The van der Waals surface area contributed by atoms with Gasteiger partial charge in [-0.25, -0.2) is 4.98 Å². The van der Waals surface area contributed by atoms with E-state index in [4.69, 9.17) is 16.7 Å². The molecule has 0 aliphatic heterocycles. The Morgan fingerprint density at radius 1 is 1.47 bits per heavy atom. The Morgan fingerprint density at radius 2 is 2.21 bits per heavy atom. The van der Waals surface area contributed by atoms with Crippen molar-refractivity contribution in [2.75, 3.05) is 0 Å². The topological polar surface area (TPSA) is 55.1 Å². The second-order valence-electron chi connectivity index (χ2n) is 4.50. The van der Waals surface area contributed by atoms with E-state index in [9.17, 15) is 4.79 Å². The van der Waals surface area contributed by atoms with Crippen molar-refractivity contribution in [2.24, 2.45) is 7.05 Å². The van der Waals surface area contributed by atoms with E-state index in [-0.39, 0.29) is 6.42 Å². The summed E-state index contributed by atoms with van der Waals surface area (Å²) in [7, 11) is 1.90. The second kappa shape index (κ2) is 5.45. The van der Waals surface area contributed by atoms with Gasteiger partial charge < -0.3 is 9.67 Å². The summed E-state index contributed by atoms with van der Waals surface area (Å²) in [4.78, 5) is 15.2. The van der Waals surface area contributed by atoms with Gasteiger partial charge in [-0.3, -0.25) is 4.79 Å². The Bertz CT molecular complexity index is 620. The van der Waals surface area contributed by atoms with Crippen LogP contribution in [-0.2, 0) is 24.7 Å². The number of carboxylic acids is 1. The number of hydrogen-bond donors (Lipinski definition) is 1. The molecule has 0 saturated carbocycles. The second-order valence-corrected chi connectivity index (χ2v) is 4.93. The fourth-order valence-corrected chi connectivity index (χ4v) is 2.21. The lowest BCUT2D eigenvalue weighted by Gasteiger charge is -2.03. The maximum Gasteiger partial charge on any atom is 0.309 e. The van der Waals surface area contributed by atoms with Crippen LogP contribution < -0.4 is 0 Å². The molecular formula is C14H15ClN2O2. The molecule has 0 bridgehead atoms. The molecule has 0 radical (unpaired) electrons. The van der Waals surface area contributed by atoms with Crippen molar-refractivity contribution < 1.29 is 9.90 Å². The Kier molecular flexibility index (Phi) is 3.90. The molecule has 2 aromatic rings. The molecular weight excluding hydrogens is 264 g/mol. The lowest BCUT2D eigenvalue weighted by Crippen LogP contribution is -2.02. The highest BCUT2D eigenvalue weighted by Crippen LogP contribution is 2.16. The highest BCUT2D eigenvalue weighted by molar-refractivity contribution is 6.30. The van der Waals surface area contributed by atoms with E-state index in [2.05, 4.69) is 4.98 Å². The molecule has 0 fully saturated rings. The molecule has 4 nitrogen and oxygen atoms in total. The zero-order valence-corrected chi connectivity index (χ0v) is 11.6. The molecule has 1 N–H and O–H groups in total. The largest absolute Gasteiger partial charge is 0.481 e. The molecule has 1 heterocycles. The first-order valence-electron chi connectivity index (χ1n) is 5.94. The number of aliphatic carboxylic acids is 1. The third kappa shape index (κ3) is 3.15. The van der Waals surface area contributed by atoms with Gasteiger partial charge in [-0.2, -0.15) is 0 Å². The zero-order valence-electron chi connectivity index (χ0n) is 10.9. The molecule has 0 unspecified atom stereocenters. The zero-order chi connectivity index (χ0) is 14.0. The number of benzene rings is 1. The maximum atomic E-state index is 10.8. The summed E-state index contributed by atoms with van der Waals surface area (Å²) in [5, 5.41) is 9.54. The van der Waals surface area contributed by atoms with Gasteiger partial charge in [0.25, 0.3) is 0 Å². The standard InChI is InChI=1S/C14H15ClN2O2/c1-9-12(8-14(18)19)16-13(17(9)2)7-10-4-3-5-11(15)6-10/h3-6H,7-8H2,1-2H3,(H,18,19). The van der Waals surface area contributed by atoms with Crippen molar-refractivity contribution >= 4 is 17.6 Å². The molecule has 0 aliphatic rings. The number of imidazole rings is 1. The van der Waals surface area contributed by atoms with Gasteiger partial charge in [0.2, 0.25) is 0 Å². The van der Waals surface area contributed by atoms with Gasteiger partial charge in [0, 0.05) is 24.2 Å². The first-order valence-corrected chi connectivity index (χ1v) is 6.32. The van der Waals surface area contributed by atoms with Crippen molar-refractivity contribution in [3.05, 3.63) is 52.1 Å². The van der Waals surface area contributed by atoms with Crippen LogP contribution in [0.25, 0.3) is 0 Å². The van der Waals surface area contributed by atoms with Crippen LogP contribution in [-0.4, -0.2) is 20.6 Å². The van der Waals surface area contributed by atoms with E-state index in [0.717, 1.165) is 17.1 Å². The molecule has 0 atom stereocenters. The average Bonchev–Trinajstić information content (AvgIpc) is 2.57. The van der Waals surface area contributed by atoms with Crippen LogP contribution in [0.15, 0.2) is 24.3 Å². The molecule has 0 spiro atoms. The first-order chi connectivity index (χ1) is 8.97. The van der Waals surface area contributed by atoms with Gasteiger partial charge in [0.1, 0.15) is 5.82 Å². The minimum atomic E-state index is -0.865. The number of aromatic nitrogens is 2. The average molecular weight is 279 g/mol. The summed E-state index contributed by atoms with van der Waals surface area (Å²) < 4.78 is 1.93. The summed E-state index contributed by atoms with van der Waals surface area (Å²) >= 11 is 5.95. The van der Waals surface area contributed by atoms with Crippen molar-refractivity contribution in [3.63, 3.8) is 0 Å². The number of halogens is 1. The van der Waals surface area contributed by atoms with Crippen molar-refractivity contribution in [2.45, 2.75) is 19.8 Å². The van der Waals surface area contributed by atoms with Crippen LogP contribution in [0, 0.1) is 6.92 Å². The van der Waals surface area contributed by atoms with Gasteiger partial charge >= 0.3 is 5.97 Å². The van der Waals surface area contributed by atoms with Crippen molar-refractivity contribution in [1.82, 2.24) is 9.55 Å². The van der Waals surface area contributed by atoms with E-state index in [0.29, 0.717) is 17.1 Å². The predicted molar refractivity (Wildman–Crippen MR) is 73.5 cm³/mol. The molecule has 100 valence electrons. The smallest absolute Gasteiger partial charge is 0.309 e. The van der Waals surface area contributed by atoms with Crippen LogP contribution in [0.5, 0.6) is 0 Å². The van der Waals surface area contributed by atoms with Gasteiger partial charge in [0.15, 0.2) is 0 Å². The van der Waals surface area contributed by atoms with Crippen LogP contribution in [0.4, 0.5) is 0 Å². The lowest BCUT2D eigenvalue weighted by atomic mass is 10.1. The first kappa shape index (κ1) is 13.6. The summed E-state index contributed by atoms with van der Waals surface area (Å²) in [5.41, 5.74) is 2.56. The molecule has 1 aromatic carbocycles. The summed E-state index contributed by atoms with van der Waals surface area (Å²) in [6.07, 6.45) is 0.590. The van der Waals surface area contributed by atoms with E-state index < -0.39 is 5.97 Å².